The lowest BCUT2D eigenvalue weighted by Crippen LogP contribution is -2.64. The number of amides is 4. The summed E-state index contributed by atoms with van der Waals surface area (Å²) in [5.41, 5.74) is 0.482. The number of rotatable bonds is 14. The molecule has 284 valence electrons. The molecule has 0 spiro atoms. The van der Waals surface area contributed by atoms with E-state index < -0.39 is 47.1 Å². The standard InChI is InChI=1S/C40H57N5O7/c1-26(2)21-30(42-38(50)51)17-16-29(22-27-11-8-7-9-12-27)37(49)44-20-10-13-34(44)36(48)43-33(23-28-14-18-32(46)19-15-28)35(47)41-31-24-39(3,4)45(52)40(5,6)25-31/h7-9,11-12,14-19,26,29-31,33-34,42,46,52H,10,13,20-25H2,1-6H3,(H,41,47)(H,43,48)(H,50,51)/b17-16+/t29-,30-,33+,34+/m1/s1. The van der Waals surface area contributed by atoms with Gasteiger partial charge in [-0.3, -0.25) is 14.4 Å². The highest BCUT2D eigenvalue weighted by Gasteiger charge is 2.46. The van der Waals surface area contributed by atoms with Crippen LogP contribution in [0.25, 0.3) is 0 Å². The normalized spacial score (nSPS) is 20.7. The largest absolute Gasteiger partial charge is 0.508 e. The van der Waals surface area contributed by atoms with Crippen LogP contribution < -0.4 is 16.0 Å². The number of nitrogens with one attached hydrogen (secondary N) is 3. The van der Waals surface area contributed by atoms with E-state index in [2.05, 4.69) is 16.0 Å². The number of nitrogens with zero attached hydrogens (tertiary/aromatic N) is 2. The summed E-state index contributed by atoms with van der Waals surface area (Å²) < 4.78 is 0. The van der Waals surface area contributed by atoms with Gasteiger partial charge in [0.2, 0.25) is 17.7 Å². The van der Waals surface area contributed by atoms with E-state index in [0.29, 0.717) is 45.1 Å². The van der Waals surface area contributed by atoms with Gasteiger partial charge in [-0.05, 0) is 95.4 Å². The maximum absolute atomic E-state index is 14.3. The molecule has 2 aliphatic heterocycles. The third-order valence-electron chi connectivity index (χ3n) is 10.1. The number of hydroxylamine groups is 2. The minimum atomic E-state index is -1.14. The monoisotopic (exact) mass is 719 g/mol. The molecule has 0 unspecified atom stereocenters. The van der Waals surface area contributed by atoms with Gasteiger partial charge in [0, 0.05) is 30.1 Å². The first kappa shape index (κ1) is 40.4. The fourth-order valence-corrected chi connectivity index (χ4v) is 7.76. The highest BCUT2D eigenvalue weighted by molar-refractivity contribution is 5.93. The number of hydrogen-bond acceptors (Lipinski definition) is 7. The highest BCUT2D eigenvalue weighted by atomic mass is 16.5. The molecule has 2 aromatic rings. The van der Waals surface area contributed by atoms with E-state index in [0.717, 1.165) is 11.1 Å². The number of carboxylic acid groups (broad SMARTS) is 1. The van der Waals surface area contributed by atoms with E-state index in [9.17, 15) is 34.6 Å². The zero-order valence-corrected chi connectivity index (χ0v) is 31.3. The Balaban J connectivity index is 1.56. The Morgan fingerprint density at radius 2 is 1.50 bits per heavy atom. The first-order chi connectivity index (χ1) is 24.4. The maximum Gasteiger partial charge on any atom is 0.405 e. The molecule has 52 heavy (non-hydrogen) atoms. The van der Waals surface area contributed by atoms with Crippen LogP contribution in [0.2, 0.25) is 0 Å². The van der Waals surface area contributed by atoms with Gasteiger partial charge in [0.15, 0.2) is 0 Å². The second-order valence-corrected chi connectivity index (χ2v) is 16.0. The third kappa shape index (κ3) is 11.0. The van der Waals surface area contributed by atoms with Gasteiger partial charge in [0.1, 0.15) is 17.8 Å². The number of likely N-dealkylation sites (tertiary alicyclic amines) is 1. The van der Waals surface area contributed by atoms with E-state index in [-0.39, 0.29) is 35.9 Å². The van der Waals surface area contributed by atoms with Crippen molar-refractivity contribution in [2.45, 2.75) is 122 Å². The predicted molar refractivity (Wildman–Crippen MR) is 199 cm³/mol. The van der Waals surface area contributed by atoms with E-state index >= 15 is 0 Å². The molecule has 2 aromatic carbocycles. The molecule has 12 nitrogen and oxygen atoms in total. The Morgan fingerprint density at radius 1 is 0.885 bits per heavy atom. The Bertz CT molecular complexity index is 1540. The van der Waals surface area contributed by atoms with Crippen LogP contribution in [0.4, 0.5) is 4.79 Å². The second kappa shape index (κ2) is 17.4. The summed E-state index contributed by atoms with van der Waals surface area (Å²) in [5, 5.41) is 40.0. The zero-order chi connectivity index (χ0) is 38.2. The van der Waals surface area contributed by atoms with Gasteiger partial charge in [-0.2, -0.15) is 5.06 Å². The van der Waals surface area contributed by atoms with E-state index in [1.165, 1.54) is 17.2 Å². The number of piperidine rings is 1. The van der Waals surface area contributed by atoms with Crippen LogP contribution in [0.5, 0.6) is 5.75 Å². The van der Waals surface area contributed by atoms with Crippen molar-refractivity contribution in [1.29, 1.82) is 0 Å². The average Bonchev–Trinajstić information content (AvgIpc) is 3.56. The van der Waals surface area contributed by atoms with Crippen LogP contribution in [0, 0.1) is 11.8 Å². The second-order valence-electron chi connectivity index (χ2n) is 16.0. The fourth-order valence-electron chi connectivity index (χ4n) is 7.76. The molecule has 2 fully saturated rings. The first-order valence-corrected chi connectivity index (χ1v) is 18.3. The zero-order valence-electron chi connectivity index (χ0n) is 31.3. The minimum absolute atomic E-state index is 0.0856. The van der Waals surface area contributed by atoms with Gasteiger partial charge in [-0.15, -0.1) is 0 Å². The van der Waals surface area contributed by atoms with Gasteiger partial charge in [0.05, 0.1) is 12.0 Å². The Hall–Kier alpha value is -4.42. The van der Waals surface area contributed by atoms with Crippen LogP contribution in [0.1, 0.15) is 84.8 Å². The van der Waals surface area contributed by atoms with Gasteiger partial charge in [-0.1, -0.05) is 68.5 Å². The highest BCUT2D eigenvalue weighted by Crippen LogP contribution is 2.36. The summed E-state index contributed by atoms with van der Waals surface area (Å²) in [6.07, 6.45) is 5.49. The lowest BCUT2D eigenvalue weighted by molar-refractivity contribution is -0.246. The number of carbonyl (C=O) groups is 4. The number of phenols is 1. The van der Waals surface area contributed by atoms with E-state index in [4.69, 9.17) is 0 Å². The van der Waals surface area contributed by atoms with Crippen LogP contribution >= 0.6 is 0 Å². The Labute approximate surface area is 307 Å². The molecule has 0 saturated carbocycles. The number of hydrogen-bond donors (Lipinski definition) is 6. The van der Waals surface area contributed by atoms with E-state index in [1.54, 1.807) is 29.2 Å². The van der Waals surface area contributed by atoms with Crippen molar-refractivity contribution in [2.24, 2.45) is 11.8 Å². The summed E-state index contributed by atoms with van der Waals surface area (Å²) >= 11 is 0. The lowest BCUT2D eigenvalue weighted by Gasteiger charge is -2.51. The third-order valence-corrected chi connectivity index (χ3v) is 10.1. The fraction of sp³-hybridized carbons (Fsp3) is 0.550. The molecule has 2 saturated heterocycles. The number of benzene rings is 2. The molecule has 0 aromatic heterocycles. The van der Waals surface area contributed by atoms with Crippen LogP contribution in [0.3, 0.4) is 0 Å². The molecular formula is C40H57N5O7. The molecular weight excluding hydrogens is 662 g/mol. The molecule has 12 heteroatoms. The van der Waals surface area contributed by atoms with Crippen LogP contribution in [-0.4, -0.2) is 91.0 Å². The summed E-state index contributed by atoms with van der Waals surface area (Å²) in [6, 6.07) is 13.5. The summed E-state index contributed by atoms with van der Waals surface area (Å²) in [4.78, 5) is 55.5. The molecule has 0 bridgehead atoms. The topological polar surface area (TPSA) is 172 Å². The van der Waals surface area contributed by atoms with Crippen molar-refractivity contribution in [2.75, 3.05) is 6.54 Å². The maximum atomic E-state index is 14.3. The van der Waals surface area contributed by atoms with Crippen molar-refractivity contribution in [3.63, 3.8) is 0 Å². The molecule has 4 atom stereocenters. The first-order valence-electron chi connectivity index (χ1n) is 18.3. The number of phenolic OH excluding ortho intramolecular Hbond substituents is 1. The molecule has 0 aliphatic carbocycles. The summed E-state index contributed by atoms with van der Waals surface area (Å²) in [6.45, 7) is 12.0. The average molecular weight is 720 g/mol. The smallest absolute Gasteiger partial charge is 0.405 e. The Morgan fingerprint density at radius 3 is 2.10 bits per heavy atom. The van der Waals surface area contributed by atoms with Crippen molar-refractivity contribution in [1.82, 2.24) is 25.9 Å². The molecule has 2 aliphatic rings. The Kier molecular flexibility index (Phi) is 13.5. The number of carbonyl (C=O) groups excluding carboxylic acids is 3. The van der Waals surface area contributed by atoms with Gasteiger partial charge < -0.3 is 36.3 Å². The molecule has 2 heterocycles. The van der Waals surface area contributed by atoms with Crippen molar-refractivity contribution < 1.29 is 34.6 Å². The molecule has 4 rings (SSSR count). The number of aromatic hydroxyl groups is 1. The van der Waals surface area contributed by atoms with Crippen LogP contribution in [0.15, 0.2) is 66.7 Å². The summed E-state index contributed by atoms with van der Waals surface area (Å²) in [7, 11) is 0. The van der Waals surface area contributed by atoms with Gasteiger partial charge >= 0.3 is 6.09 Å². The van der Waals surface area contributed by atoms with Crippen molar-refractivity contribution in [3.8, 4) is 5.75 Å². The molecule has 0 radical (unpaired) electrons. The van der Waals surface area contributed by atoms with Crippen molar-refractivity contribution in [3.05, 3.63) is 77.9 Å². The van der Waals surface area contributed by atoms with E-state index in [1.807, 2.05) is 71.9 Å². The quantitative estimate of drug-likeness (QED) is 0.148. The molecule has 4 amide bonds. The van der Waals surface area contributed by atoms with Gasteiger partial charge in [-0.25, -0.2) is 4.79 Å². The van der Waals surface area contributed by atoms with Crippen molar-refractivity contribution >= 4 is 23.8 Å². The SMILES string of the molecule is CC(C)C[C@@H](/C=C/[C@H](Cc1ccccc1)C(=O)N1CCC[C@H]1C(=O)N[C@@H](Cc1ccc(O)cc1)C(=O)NC1CC(C)(C)N(O)C(C)(C)C1)NC(=O)O. The summed E-state index contributed by atoms with van der Waals surface area (Å²) in [5.74, 6) is -1.39. The molecule has 6 N–H and O–H groups in total. The van der Waals surface area contributed by atoms with Gasteiger partial charge in [0.25, 0.3) is 0 Å². The lowest BCUT2D eigenvalue weighted by atomic mass is 9.79. The van der Waals surface area contributed by atoms with Crippen LogP contribution in [-0.2, 0) is 27.2 Å². The minimum Gasteiger partial charge on any atom is -0.508 e. The predicted octanol–water partition coefficient (Wildman–Crippen LogP) is 5.03.